The van der Waals surface area contributed by atoms with E-state index in [1.54, 1.807) is 20.4 Å². The number of ether oxygens (including phenoxy) is 2. The van der Waals surface area contributed by atoms with Crippen LogP contribution in [0.25, 0.3) is 0 Å². The minimum absolute atomic E-state index is 0.0615. The summed E-state index contributed by atoms with van der Waals surface area (Å²) in [5.41, 5.74) is 0.985. The molecule has 0 saturated heterocycles. The van der Waals surface area contributed by atoms with E-state index in [-0.39, 0.29) is 6.61 Å². The first kappa shape index (κ1) is 16.3. The van der Waals surface area contributed by atoms with Crippen LogP contribution in [-0.2, 0) is 13.1 Å². The summed E-state index contributed by atoms with van der Waals surface area (Å²) in [6, 6.07) is 5.67. The molecule has 0 radical (unpaired) electrons. The smallest absolute Gasteiger partial charge is 0.208 e. The summed E-state index contributed by atoms with van der Waals surface area (Å²) in [5, 5.41) is 9.28. The summed E-state index contributed by atoms with van der Waals surface area (Å²) in [4.78, 5) is 6.25. The molecule has 22 heavy (non-hydrogen) atoms. The highest BCUT2D eigenvalue weighted by Crippen LogP contribution is 2.25. The maximum absolute atomic E-state index is 9.28. The number of rotatable bonds is 8. The lowest BCUT2D eigenvalue weighted by molar-refractivity contribution is 0.170. The first-order chi connectivity index (χ1) is 10.7. The number of methoxy groups -OCH3 is 2. The number of aromatic nitrogens is 1. The molecule has 2 aromatic rings. The van der Waals surface area contributed by atoms with E-state index in [4.69, 9.17) is 13.9 Å². The van der Waals surface area contributed by atoms with Gasteiger partial charge < -0.3 is 19.0 Å². The largest absolute Gasteiger partial charge is 0.497 e. The molecule has 1 aromatic heterocycles. The van der Waals surface area contributed by atoms with E-state index in [0.717, 1.165) is 22.8 Å². The summed E-state index contributed by atoms with van der Waals surface area (Å²) in [7, 11) is 3.27. The highest BCUT2D eigenvalue weighted by Gasteiger charge is 2.14. The minimum Gasteiger partial charge on any atom is -0.497 e. The van der Waals surface area contributed by atoms with Crippen molar-refractivity contribution in [3.8, 4) is 11.5 Å². The molecule has 120 valence electrons. The molecule has 0 aliphatic carbocycles. The Balaban J connectivity index is 2.16. The van der Waals surface area contributed by atoms with Crippen LogP contribution < -0.4 is 9.47 Å². The van der Waals surface area contributed by atoms with Gasteiger partial charge in [0.15, 0.2) is 0 Å². The maximum Gasteiger partial charge on any atom is 0.208 e. The molecular weight excluding hydrogens is 284 g/mol. The molecule has 1 N–H and O–H groups in total. The predicted molar refractivity (Wildman–Crippen MR) is 82.0 cm³/mol. The molecular formula is C16H22N2O4. The Morgan fingerprint density at radius 1 is 1.23 bits per heavy atom. The van der Waals surface area contributed by atoms with Crippen molar-refractivity contribution >= 4 is 0 Å². The second-order valence-corrected chi connectivity index (χ2v) is 4.98. The summed E-state index contributed by atoms with van der Waals surface area (Å²) in [5.74, 6) is 2.96. The predicted octanol–water partition coefficient (Wildman–Crippen LogP) is 1.99. The molecule has 6 heteroatoms. The van der Waals surface area contributed by atoms with Crippen molar-refractivity contribution in [1.29, 1.82) is 0 Å². The fourth-order valence-corrected chi connectivity index (χ4v) is 2.27. The molecule has 0 spiro atoms. The van der Waals surface area contributed by atoms with Crippen LogP contribution in [0.4, 0.5) is 0 Å². The Labute approximate surface area is 130 Å². The van der Waals surface area contributed by atoms with Crippen molar-refractivity contribution in [2.24, 2.45) is 0 Å². The van der Waals surface area contributed by atoms with Crippen LogP contribution in [-0.4, -0.2) is 42.4 Å². The summed E-state index contributed by atoms with van der Waals surface area (Å²) in [6.07, 6.45) is 1.69. The number of hydrogen-bond donors (Lipinski definition) is 1. The van der Waals surface area contributed by atoms with Crippen LogP contribution in [0.1, 0.15) is 17.2 Å². The average Bonchev–Trinajstić information content (AvgIpc) is 2.92. The van der Waals surface area contributed by atoms with Crippen LogP contribution in [0.15, 0.2) is 28.8 Å². The summed E-state index contributed by atoms with van der Waals surface area (Å²) >= 11 is 0. The van der Waals surface area contributed by atoms with E-state index in [0.29, 0.717) is 25.5 Å². The van der Waals surface area contributed by atoms with Gasteiger partial charge in [-0.25, -0.2) is 4.98 Å². The summed E-state index contributed by atoms with van der Waals surface area (Å²) in [6.45, 7) is 3.56. The fourth-order valence-electron chi connectivity index (χ4n) is 2.27. The molecule has 0 aliphatic rings. The number of benzene rings is 1. The normalized spacial score (nSPS) is 11.0. The molecule has 2 rings (SSSR count). The lowest BCUT2D eigenvalue weighted by Gasteiger charge is -2.21. The number of nitrogens with zero attached hydrogens (tertiary/aromatic N) is 2. The zero-order valence-electron chi connectivity index (χ0n) is 13.2. The standard InChI is InChI=1S/C16H22N2O4/c1-12-9-17-16(22-12)11-18(6-7-19)10-13-8-14(20-2)4-5-15(13)21-3/h4-5,8-9,19H,6-7,10-11H2,1-3H3. The van der Waals surface area contributed by atoms with Crippen LogP contribution in [0.5, 0.6) is 11.5 Å². The van der Waals surface area contributed by atoms with E-state index in [9.17, 15) is 5.11 Å². The van der Waals surface area contributed by atoms with Gasteiger partial charge in [0.2, 0.25) is 5.89 Å². The Bertz CT molecular complexity index is 598. The molecule has 0 unspecified atom stereocenters. The van der Waals surface area contributed by atoms with Crippen molar-refractivity contribution in [3.05, 3.63) is 41.6 Å². The van der Waals surface area contributed by atoms with Crippen LogP contribution in [0.2, 0.25) is 0 Å². The van der Waals surface area contributed by atoms with Gasteiger partial charge in [-0.05, 0) is 25.1 Å². The van der Waals surface area contributed by atoms with E-state index in [1.807, 2.05) is 30.0 Å². The highest BCUT2D eigenvalue weighted by molar-refractivity contribution is 5.40. The van der Waals surface area contributed by atoms with Gasteiger partial charge in [0.25, 0.3) is 0 Å². The van der Waals surface area contributed by atoms with Gasteiger partial charge in [-0.15, -0.1) is 0 Å². The Hall–Kier alpha value is -2.05. The van der Waals surface area contributed by atoms with E-state index < -0.39 is 0 Å². The van der Waals surface area contributed by atoms with Crippen molar-refractivity contribution in [2.45, 2.75) is 20.0 Å². The van der Waals surface area contributed by atoms with Gasteiger partial charge in [-0.1, -0.05) is 0 Å². The van der Waals surface area contributed by atoms with Gasteiger partial charge in [-0.3, -0.25) is 4.90 Å². The first-order valence-corrected chi connectivity index (χ1v) is 7.11. The van der Waals surface area contributed by atoms with Gasteiger partial charge in [0.1, 0.15) is 17.3 Å². The zero-order valence-corrected chi connectivity index (χ0v) is 13.2. The van der Waals surface area contributed by atoms with E-state index in [2.05, 4.69) is 4.98 Å². The van der Waals surface area contributed by atoms with Crippen molar-refractivity contribution in [1.82, 2.24) is 9.88 Å². The topological polar surface area (TPSA) is 68.0 Å². The lowest BCUT2D eigenvalue weighted by Crippen LogP contribution is -2.26. The molecule has 6 nitrogen and oxygen atoms in total. The summed E-state index contributed by atoms with van der Waals surface area (Å²) < 4.78 is 16.2. The van der Waals surface area contributed by atoms with Crippen molar-refractivity contribution in [2.75, 3.05) is 27.4 Å². The van der Waals surface area contributed by atoms with Gasteiger partial charge >= 0.3 is 0 Å². The molecule has 1 aromatic carbocycles. The Morgan fingerprint density at radius 2 is 2.05 bits per heavy atom. The molecule has 0 fully saturated rings. The molecule has 0 atom stereocenters. The Morgan fingerprint density at radius 3 is 2.64 bits per heavy atom. The maximum atomic E-state index is 9.28. The Kier molecular flexibility index (Phi) is 5.80. The fraction of sp³-hybridized carbons (Fsp3) is 0.438. The van der Waals surface area contributed by atoms with Crippen molar-refractivity contribution in [3.63, 3.8) is 0 Å². The SMILES string of the molecule is COc1ccc(OC)c(CN(CCO)Cc2ncc(C)o2)c1. The first-order valence-electron chi connectivity index (χ1n) is 7.11. The van der Waals surface area contributed by atoms with Gasteiger partial charge in [0, 0.05) is 18.7 Å². The minimum atomic E-state index is 0.0615. The third kappa shape index (κ3) is 4.22. The van der Waals surface area contributed by atoms with Crippen molar-refractivity contribution < 1.29 is 19.0 Å². The third-order valence-electron chi connectivity index (χ3n) is 3.33. The molecule has 0 aliphatic heterocycles. The highest BCUT2D eigenvalue weighted by atomic mass is 16.5. The molecule has 0 amide bonds. The zero-order chi connectivity index (χ0) is 15.9. The monoisotopic (exact) mass is 306 g/mol. The second-order valence-electron chi connectivity index (χ2n) is 4.98. The van der Waals surface area contributed by atoms with E-state index >= 15 is 0 Å². The van der Waals surface area contributed by atoms with Gasteiger partial charge in [0.05, 0.1) is 33.6 Å². The molecule has 0 bridgehead atoms. The van der Waals surface area contributed by atoms with Crippen LogP contribution >= 0.6 is 0 Å². The molecule has 1 heterocycles. The van der Waals surface area contributed by atoms with Crippen LogP contribution in [0.3, 0.4) is 0 Å². The molecule has 0 saturated carbocycles. The number of aryl methyl sites for hydroxylation is 1. The number of hydrogen-bond acceptors (Lipinski definition) is 6. The van der Waals surface area contributed by atoms with E-state index in [1.165, 1.54) is 0 Å². The second kappa shape index (κ2) is 7.82. The number of aliphatic hydroxyl groups is 1. The van der Waals surface area contributed by atoms with Crippen LogP contribution in [0, 0.1) is 6.92 Å². The average molecular weight is 306 g/mol. The lowest BCUT2D eigenvalue weighted by atomic mass is 10.1. The number of aliphatic hydroxyl groups excluding tert-OH is 1. The quantitative estimate of drug-likeness (QED) is 0.804. The number of oxazole rings is 1. The third-order valence-corrected chi connectivity index (χ3v) is 3.33. The van der Waals surface area contributed by atoms with Gasteiger partial charge in [-0.2, -0.15) is 0 Å².